The van der Waals surface area contributed by atoms with Crippen molar-refractivity contribution >= 4 is 11.8 Å². The first-order valence-corrected chi connectivity index (χ1v) is 8.73. The Morgan fingerprint density at radius 2 is 2.07 bits per heavy atom. The van der Waals surface area contributed by atoms with Crippen LogP contribution in [0.2, 0.25) is 0 Å². The number of hydrogen-bond acceptors (Lipinski definition) is 6. The highest BCUT2D eigenvalue weighted by Gasteiger charge is 2.46. The molecule has 0 N–H and O–H groups in total. The molecule has 2 aliphatic rings. The molecule has 1 aliphatic carbocycles. The lowest BCUT2D eigenvalue weighted by Crippen LogP contribution is -2.24. The van der Waals surface area contributed by atoms with Crippen LogP contribution < -0.4 is 4.90 Å². The number of halogens is 3. The number of alkyl halides is 3. The lowest BCUT2D eigenvalue weighted by atomic mass is 10.1. The van der Waals surface area contributed by atoms with Gasteiger partial charge in [0, 0.05) is 24.8 Å². The molecule has 1 saturated heterocycles. The largest absolute Gasteiger partial charge is 0.461 e. The van der Waals surface area contributed by atoms with Gasteiger partial charge < -0.3 is 9.64 Å². The molecule has 0 aromatic carbocycles. The highest BCUT2D eigenvalue weighted by Crippen LogP contribution is 2.46. The number of rotatable bonds is 5. The number of ether oxygens (including phenoxy) is 1. The first-order chi connectivity index (χ1) is 12.8. The summed E-state index contributed by atoms with van der Waals surface area (Å²) < 4.78 is 46.7. The van der Waals surface area contributed by atoms with E-state index in [0.29, 0.717) is 17.7 Å². The van der Waals surface area contributed by atoms with Crippen molar-refractivity contribution in [2.24, 2.45) is 11.8 Å². The SMILES string of the molecule is CCOC(=O)c1cn(Cc2cnc(N3CC4CC4C3)cc2C(F)(F)F)nn1. The molecule has 10 heteroatoms. The number of hydrogen-bond donors (Lipinski definition) is 0. The molecular weight excluding hydrogens is 363 g/mol. The molecule has 1 saturated carbocycles. The lowest BCUT2D eigenvalue weighted by molar-refractivity contribution is -0.138. The van der Waals surface area contributed by atoms with E-state index in [0.717, 1.165) is 25.6 Å². The molecule has 3 heterocycles. The van der Waals surface area contributed by atoms with Gasteiger partial charge in [0.2, 0.25) is 0 Å². The average Bonchev–Trinajstić information content (AvgIpc) is 3.02. The van der Waals surface area contributed by atoms with Crippen LogP contribution in [0, 0.1) is 11.8 Å². The highest BCUT2D eigenvalue weighted by atomic mass is 19.4. The smallest absolute Gasteiger partial charge is 0.416 e. The predicted molar refractivity (Wildman–Crippen MR) is 88.1 cm³/mol. The number of carbonyl (C=O) groups is 1. The highest BCUT2D eigenvalue weighted by molar-refractivity contribution is 5.86. The van der Waals surface area contributed by atoms with Crippen molar-refractivity contribution in [1.29, 1.82) is 0 Å². The Morgan fingerprint density at radius 3 is 2.74 bits per heavy atom. The van der Waals surface area contributed by atoms with Crippen molar-refractivity contribution in [3.63, 3.8) is 0 Å². The molecule has 7 nitrogen and oxygen atoms in total. The summed E-state index contributed by atoms with van der Waals surface area (Å²) in [5.41, 5.74) is -0.830. The molecule has 2 atom stereocenters. The second kappa shape index (κ2) is 6.50. The maximum atomic E-state index is 13.6. The van der Waals surface area contributed by atoms with Crippen LogP contribution in [-0.2, 0) is 17.5 Å². The molecule has 2 fully saturated rings. The van der Waals surface area contributed by atoms with Crippen LogP contribution >= 0.6 is 0 Å². The zero-order chi connectivity index (χ0) is 19.2. The van der Waals surface area contributed by atoms with Gasteiger partial charge in [-0.05, 0) is 31.2 Å². The zero-order valence-corrected chi connectivity index (χ0v) is 14.6. The third-order valence-corrected chi connectivity index (χ3v) is 4.94. The normalized spacial score (nSPS) is 21.3. The minimum absolute atomic E-state index is 0.0316. The molecule has 2 aromatic heterocycles. The van der Waals surface area contributed by atoms with Gasteiger partial charge >= 0.3 is 12.1 Å². The van der Waals surface area contributed by atoms with E-state index < -0.39 is 17.7 Å². The standard InChI is InChI=1S/C17H18F3N5O2/c1-2-27-16(26)14-9-25(23-22-14)8-12-5-21-15(4-13(12)17(18,19)20)24-6-10-3-11(10)7-24/h4-5,9-11H,2-3,6-8H2,1H3. The molecule has 1 aliphatic heterocycles. The maximum Gasteiger partial charge on any atom is 0.416 e. The first-order valence-electron chi connectivity index (χ1n) is 8.73. The molecule has 0 radical (unpaired) electrons. The van der Waals surface area contributed by atoms with E-state index in [2.05, 4.69) is 15.3 Å². The van der Waals surface area contributed by atoms with Crippen LogP contribution in [-0.4, -0.2) is 45.6 Å². The maximum absolute atomic E-state index is 13.6. The monoisotopic (exact) mass is 381 g/mol. The van der Waals surface area contributed by atoms with Crippen molar-refractivity contribution in [2.45, 2.75) is 26.1 Å². The van der Waals surface area contributed by atoms with Gasteiger partial charge in [0.05, 0.1) is 24.9 Å². The Labute approximate surface area is 153 Å². The third kappa shape index (κ3) is 3.60. The van der Waals surface area contributed by atoms with Gasteiger partial charge in [-0.2, -0.15) is 13.2 Å². The number of carbonyl (C=O) groups excluding carboxylic acids is 1. The molecule has 0 bridgehead atoms. The zero-order valence-electron chi connectivity index (χ0n) is 14.6. The Bertz CT molecular complexity index is 856. The topological polar surface area (TPSA) is 73.1 Å². The fourth-order valence-corrected chi connectivity index (χ4v) is 3.47. The van der Waals surface area contributed by atoms with Crippen molar-refractivity contribution in [3.05, 3.63) is 35.3 Å². The van der Waals surface area contributed by atoms with E-state index in [9.17, 15) is 18.0 Å². The van der Waals surface area contributed by atoms with Gasteiger partial charge in [-0.15, -0.1) is 5.10 Å². The quantitative estimate of drug-likeness (QED) is 0.741. The summed E-state index contributed by atoms with van der Waals surface area (Å²) >= 11 is 0. The van der Waals surface area contributed by atoms with Gasteiger partial charge in [-0.25, -0.2) is 14.5 Å². The minimum atomic E-state index is -4.51. The number of piperidine rings is 1. The predicted octanol–water partition coefficient (Wildman–Crippen LogP) is 2.37. The number of pyridine rings is 1. The third-order valence-electron chi connectivity index (χ3n) is 4.94. The molecule has 4 rings (SSSR count). The number of aromatic nitrogens is 4. The van der Waals surface area contributed by atoms with Gasteiger partial charge in [0.25, 0.3) is 0 Å². The van der Waals surface area contributed by atoms with E-state index >= 15 is 0 Å². The second-order valence-corrected chi connectivity index (χ2v) is 6.88. The minimum Gasteiger partial charge on any atom is -0.461 e. The fourth-order valence-electron chi connectivity index (χ4n) is 3.47. The summed E-state index contributed by atoms with van der Waals surface area (Å²) in [5, 5.41) is 7.36. The van der Waals surface area contributed by atoms with Crippen LogP contribution in [0.15, 0.2) is 18.5 Å². The fraction of sp³-hybridized carbons (Fsp3) is 0.529. The van der Waals surface area contributed by atoms with Crippen LogP contribution in [0.5, 0.6) is 0 Å². The Balaban J connectivity index is 1.57. The van der Waals surface area contributed by atoms with E-state index in [1.807, 2.05) is 4.90 Å². The van der Waals surface area contributed by atoms with Crippen LogP contribution in [0.25, 0.3) is 0 Å². The van der Waals surface area contributed by atoms with Gasteiger partial charge in [0.1, 0.15) is 5.82 Å². The Morgan fingerprint density at radius 1 is 1.33 bits per heavy atom. The average molecular weight is 381 g/mol. The molecule has 27 heavy (non-hydrogen) atoms. The van der Waals surface area contributed by atoms with Crippen molar-refractivity contribution in [3.8, 4) is 0 Å². The first kappa shape index (κ1) is 17.7. The summed E-state index contributed by atoms with van der Waals surface area (Å²) in [6.45, 7) is 3.16. The molecule has 144 valence electrons. The Hall–Kier alpha value is -2.65. The molecular formula is C17H18F3N5O2. The summed E-state index contributed by atoms with van der Waals surface area (Å²) in [6.07, 6.45) is -0.857. The summed E-state index contributed by atoms with van der Waals surface area (Å²) in [5.74, 6) is 0.875. The van der Waals surface area contributed by atoms with E-state index in [4.69, 9.17) is 4.74 Å². The van der Waals surface area contributed by atoms with Crippen LogP contribution in [0.4, 0.5) is 19.0 Å². The molecule has 2 unspecified atom stereocenters. The number of nitrogens with zero attached hydrogens (tertiary/aromatic N) is 5. The number of anilines is 1. The number of fused-ring (bicyclic) bond motifs is 1. The molecule has 0 spiro atoms. The summed E-state index contributed by atoms with van der Waals surface area (Å²) in [7, 11) is 0. The van der Waals surface area contributed by atoms with Crippen LogP contribution in [0.3, 0.4) is 0 Å². The number of esters is 1. The van der Waals surface area contributed by atoms with Crippen molar-refractivity contribution in [2.75, 3.05) is 24.6 Å². The summed E-state index contributed by atoms with van der Waals surface area (Å²) in [6, 6.07) is 1.10. The molecule has 2 aromatic rings. The van der Waals surface area contributed by atoms with E-state index in [1.165, 1.54) is 17.1 Å². The van der Waals surface area contributed by atoms with E-state index in [-0.39, 0.29) is 24.4 Å². The van der Waals surface area contributed by atoms with Crippen molar-refractivity contribution < 1.29 is 22.7 Å². The lowest BCUT2D eigenvalue weighted by Gasteiger charge is -2.21. The Kier molecular flexibility index (Phi) is 4.27. The van der Waals surface area contributed by atoms with Gasteiger partial charge in [0.15, 0.2) is 5.69 Å². The summed E-state index contributed by atoms with van der Waals surface area (Å²) in [4.78, 5) is 17.8. The van der Waals surface area contributed by atoms with Gasteiger partial charge in [-0.3, -0.25) is 0 Å². The molecule has 0 amide bonds. The van der Waals surface area contributed by atoms with E-state index in [1.54, 1.807) is 6.92 Å². The van der Waals surface area contributed by atoms with Crippen molar-refractivity contribution in [1.82, 2.24) is 20.0 Å². The second-order valence-electron chi connectivity index (χ2n) is 6.88. The van der Waals surface area contributed by atoms with Crippen LogP contribution in [0.1, 0.15) is 35.0 Å². The van der Waals surface area contributed by atoms with Gasteiger partial charge in [-0.1, -0.05) is 5.21 Å².